The molecule has 0 atom stereocenters. The van der Waals surface area contributed by atoms with E-state index >= 15 is 0 Å². The van der Waals surface area contributed by atoms with E-state index in [9.17, 15) is 4.39 Å². The molecular weight excluding hydrogens is 279 g/mol. The smallest absolute Gasteiger partial charge is 0.143 e. The lowest BCUT2D eigenvalue weighted by Gasteiger charge is -2.35. The second kappa shape index (κ2) is 6.07. The van der Waals surface area contributed by atoms with E-state index in [1.54, 1.807) is 5.56 Å². The normalized spacial score (nSPS) is 20.9. The molecule has 1 N–H and O–H groups in total. The zero-order valence-corrected chi connectivity index (χ0v) is 13.2. The first kappa shape index (κ1) is 14.3. The van der Waals surface area contributed by atoms with Gasteiger partial charge in [-0.05, 0) is 73.9 Å². The number of halogens is 1. The number of alkyl halides is 1. The molecule has 0 bridgehead atoms. The summed E-state index contributed by atoms with van der Waals surface area (Å²) in [7, 11) is 0. The number of benzene rings is 1. The van der Waals surface area contributed by atoms with Gasteiger partial charge in [0.15, 0.2) is 0 Å². The van der Waals surface area contributed by atoms with E-state index in [4.69, 9.17) is 4.74 Å². The van der Waals surface area contributed by atoms with Crippen LogP contribution in [0.3, 0.4) is 0 Å². The summed E-state index contributed by atoms with van der Waals surface area (Å²) in [6, 6.07) is 2.27. The standard InChI is InChI=1S/C18H25FN2O/c19-6-1-9-21-10-11-22-16-12-14-4-7-20-8-5-15(14)17(18(16)21)13-2-3-13/h12-13,20H,1-11H2. The first-order chi connectivity index (χ1) is 10.9. The maximum absolute atomic E-state index is 12.7. The molecule has 4 rings (SSSR count). The van der Waals surface area contributed by atoms with Crippen LogP contribution in [0.25, 0.3) is 0 Å². The molecule has 1 aromatic carbocycles. The van der Waals surface area contributed by atoms with Crippen molar-refractivity contribution >= 4 is 5.69 Å². The minimum atomic E-state index is -0.236. The van der Waals surface area contributed by atoms with Crippen LogP contribution in [0, 0.1) is 0 Å². The van der Waals surface area contributed by atoms with Crippen LogP contribution in [0.4, 0.5) is 10.1 Å². The van der Waals surface area contributed by atoms with Gasteiger partial charge in [-0.25, -0.2) is 0 Å². The van der Waals surface area contributed by atoms with Gasteiger partial charge in [-0.3, -0.25) is 4.39 Å². The van der Waals surface area contributed by atoms with E-state index in [2.05, 4.69) is 16.3 Å². The summed E-state index contributed by atoms with van der Waals surface area (Å²) in [5.74, 6) is 1.75. The lowest BCUT2D eigenvalue weighted by atomic mass is 9.91. The molecule has 2 heterocycles. The van der Waals surface area contributed by atoms with Gasteiger partial charge in [0.25, 0.3) is 0 Å². The molecule has 4 heteroatoms. The number of ether oxygens (including phenoxy) is 1. The van der Waals surface area contributed by atoms with Gasteiger partial charge in [0.05, 0.1) is 18.9 Å². The Morgan fingerprint density at radius 3 is 2.95 bits per heavy atom. The monoisotopic (exact) mass is 304 g/mol. The SMILES string of the molecule is FCCCN1CCOc2cc3c(c(C4CC4)c21)CCNCC3. The fourth-order valence-electron chi connectivity index (χ4n) is 3.94. The number of nitrogens with zero attached hydrogens (tertiary/aromatic N) is 1. The lowest BCUT2D eigenvalue weighted by molar-refractivity contribution is 0.304. The Morgan fingerprint density at radius 1 is 1.27 bits per heavy atom. The third kappa shape index (κ3) is 2.58. The second-order valence-electron chi connectivity index (χ2n) is 6.68. The van der Waals surface area contributed by atoms with Gasteiger partial charge in [-0.15, -0.1) is 0 Å². The van der Waals surface area contributed by atoms with E-state index < -0.39 is 0 Å². The van der Waals surface area contributed by atoms with Crippen molar-refractivity contribution in [1.82, 2.24) is 5.32 Å². The molecule has 0 unspecified atom stereocenters. The average molecular weight is 304 g/mol. The van der Waals surface area contributed by atoms with Crippen LogP contribution in [0.15, 0.2) is 6.07 Å². The van der Waals surface area contributed by atoms with Crippen LogP contribution in [-0.4, -0.2) is 39.5 Å². The van der Waals surface area contributed by atoms with Crippen LogP contribution in [0.5, 0.6) is 5.75 Å². The highest BCUT2D eigenvalue weighted by atomic mass is 19.1. The molecule has 22 heavy (non-hydrogen) atoms. The van der Waals surface area contributed by atoms with Gasteiger partial charge >= 0.3 is 0 Å². The van der Waals surface area contributed by atoms with Gasteiger partial charge in [-0.2, -0.15) is 0 Å². The zero-order chi connectivity index (χ0) is 14.9. The molecule has 1 aliphatic carbocycles. The fraction of sp³-hybridized carbons (Fsp3) is 0.667. The molecule has 1 fully saturated rings. The number of hydrogen-bond acceptors (Lipinski definition) is 3. The van der Waals surface area contributed by atoms with Crippen molar-refractivity contribution in [2.45, 2.75) is 38.0 Å². The Morgan fingerprint density at radius 2 is 2.14 bits per heavy atom. The molecule has 0 saturated heterocycles. The molecule has 3 aliphatic rings. The number of rotatable bonds is 4. The van der Waals surface area contributed by atoms with E-state index in [0.29, 0.717) is 12.3 Å². The number of fused-ring (bicyclic) bond motifs is 2. The van der Waals surface area contributed by atoms with Gasteiger partial charge in [0.1, 0.15) is 12.4 Å². The Kier molecular flexibility index (Phi) is 3.95. The van der Waals surface area contributed by atoms with Crippen LogP contribution >= 0.6 is 0 Å². The Labute approximate surface area is 131 Å². The topological polar surface area (TPSA) is 24.5 Å². The molecule has 0 spiro atoms. The summed E-state index contributed by atoms with van der Waals surface area (Å²) in [4.78, 5) is 2.38. The minimum Gasteiger partial charge on any atom is -0.490 e. The second-order valence-corrected chi connectivity index (χ2v) is 6.68. The molecule has 0 amide bonds. The lowest BCUT2D eigenvalue weighted by Crippen LogP contribution is -2.35. The predicted octanol–water partition coefficient (Wildman–Crippen LogP) is 2.81. The zero-order valence-electron chi connectivity index (χ0n) is 13.2. The van der Waals surface area contributed by atoms with Gasteiger partial charge in [0.2, 0.25) is 0 Å². The molecule has 0 radical (unpaired) electrons. The van der Waals surface area contributed by atoms with Gasteiger partial charge < -0.3 is 15.0 Å². The third-order valence-corrected chi connectivity index (χ3v) is 5.11. The Balaban J connectivity index is 1.80. The molecule has 3 nitrogen and oxygen atoms in total. The third-order valence-electron chi connectivity index (χ3n) is 5.11. The van der Waals surface area contributed by atoms with Crippen molar-refractivity contribution in [3.05, 3.63) is 22.8 Å². The van der Waals surface area contributed by atoms with Crippen molar-refractivity contribution in [2.24, 2.45) is 0 Å². The van der Waals surface area contributed by atoms with Crippen molar-refractivity contribution in [3.8, 4) is 5.75 Å². The fourth-order valence-corrected chi connectivity index (χ4v) is 3.94. The molecule has 2 aliphatic heterocycles. The highest BCUT2D eigenvalue weighted by Gasteiger charge is 2.35. The van der Waals surface area contributed by atoms with Crippen molar-refractivity contribution in [2.75, 3.05) is 44.4 Å². The highest BCUT2D eigenvalue weighted by molar-refractivity contribution is 5.71. The molecule has 1 saturated carbocycles. The maximum Gasteiger partial charge on any atom is 0.143 e. The van der Waals surface area contributed by atoms with E-state index in [0.717, 1.165) is 51.4 Å². The summed E-state index contributed by atoms with van der Waals surface area (Å²) in [6.07, 6.45) is 5.42. The molecular formula is C18H25FN2O. The quantitative estimate of drug-likeness (QED) is 0.926. The van der Waals surface area contributed by atoms with Crippen LogP contribution in [0.2, 0.25) is 0 Å². The minimum absolute atomic E-state index is 0.236. The molecule has 120 valence electrons. The number of hydrogen-bond donors (Lipinski definition) is 1. The first-order valence-electron chi connectivity index (χ1n) is 8.71. The van der Waals surface area contributed by atoms with Crippen molar-refractivity contribution in [3.63, 3.8) is 0 Å². The van der Waals surface area contributed by atoms with E-state index in [1.165, 1.54) is 29.7 Å². The van der Waals surface area contributed by atoms with E-state index in [-0.39, 0.29) is 6.67 Å². The van der Waals surface area contributed by atoms with Crippen LogP contribution < -0.4 is 15.0 Å². The number of anilines is 1. The van der Waals surface area contributed by atoms with Gasteiger partial charge in [-0.1, -0.05) is 0 Å². The molecule has 1 aromatic rings. The van der Waals surface area contributed by atoms with Crippen LogP contribution in [-0.2, 0) is 12.8 Å². The van der Waals surface area contributed by atoms with Crippen LogP contribution in [0.1, 0.15) is 41.9 Å². The summed E-state index contributed by atoms with van der Waals surface area (Å²) in [6.45, 7) is 4.31. The van der Waals surface area contributed by atoms with Gasteiger partial charge in [0, 0.05) is 6.54 Å². The average Bonchev–Trinajstić information content (AvgIpc) is 3.37. The summed E-state index contributed by atoms with van der Waals surface area (Å²) in [5.41, 5.74) is 5.86. The Bertz CT molecular complexity index is 557. The largest absolute Gasteiger partial charge is 0.490 e. The van der Waals surface area contributed by atoms with E-state index in [1.807, 2.05) is 0 Å². The highest BCUT2D eigenvalue weighted by Crippen LogP contribution is 2.51. The summed E-state index contributed by atoms with van der Waals surface area (Å²) < 4.78 is 18.7. The molecule has 0 aromatic heterocycles. The van der Waals surface area contributed by atoms with Crippen molar-refractivity contribution < 1.29 is 9.13 Å². The van der Waals surface area contributed by atoms with Crippen molar-refractivity contribution in [1.29, 1.82) is 0 Å². The summed E-state index contributed by atoms with van der Waals surface area (Å²) in [5, 5.41) is 3.51. The Hall–Kier alpha value is -1.29. The first-order valence-corrected chi connectivity index (χ1v) is 8.71. The number of nitrogens with one attached hydrogen (secondary N) is 1. The predicted molar refractivity (Wildman–Crippen MR) is 87.0 cm³/mol. The maximum atomic E-state index is 12.7. The summed E-state index contributed by atoms with van der Waals surface area (Å²) >= 11 is 0.